The van der Waals surface area contributed by atoms with E-state index in [9.17, 15) is 4.79 Å². The largest absolute Gasteiger partial charge is 0.352 e. The lowest BCUT2D eigenvalue weighted by atomic mass is 10.1. The van der Waals surface area contributed by atoms with Gasteiger partial charge in [0.15, 0.2) is 0 Å². The van der Waals surface area contributed by atoms with E-state index in [0.29, 0.717) is 22.8 Å². The first-order valence-corrected chi connectivity index (χ1v) is 8.15. The molecule has 0 saturated heterocycles. The second-order valence-electron chi connectivity index (χ2n) is 5.40. The summed E-state index contributed by atoms with van der Waals surface area (Å²) >= 11 is 6.20. The number of hydrogen-bond donors (Lipinski definition) is 2. The fourth-order valence-corrected chi connectivity index (χ4v) is 2.69. The van der Waals surface area contributed by atoms with Crippen molar-refractivity contribution < 1.29 is 4.79 Å². The van der Waals surface area contributed by atoms with Crippen LogP contribution in [0, 0.1) is 0 Å². The Balaban J connectivity index is 1.54. The summed E-state index contributed by atoms with van der Waals surface area (Å²) in [4.78, 5) is 16.4. The number of carbonyl (C=O) groups is 1. The number of H-pyrrole nitrogens is 1. The van der Waals surface area contributed by atoms with E-state index in [-0.39, 0.29) is 5.91 Å². The predicted octanol–water partition coefficient (Wildman–Crippen LogP) is 3.14. The minimum Gasteiger partial charge on any atom is -0.352 e. The zero-order valence-corrected chi connectivity index (χ0v) is 13.8. The smallest absolute Gasteiger partial charge is 0.255 e. The van der Waals surface area contributed by atoms with Crippen molar-refractivity contribution in [1.29, 1.82) is 0 Å². The lowest BCUT2D eigenvalue weighted by Crippen LogP contribution is -2.24. The van der Waals surface area contributed by atoms with E-state index in [2.05, 4.69) is 20.5 Å². The van der Waals surface area contributed by atoms with Gasteiger partial charge in [0.05, 0.1) is 23.8 Å². The van der Waals surface area contributed by atoms with Gasteiger partial charge in [-0.2, -0.15) is 5.10 Å². The van der Waals surface area contributed by atoms with Crippen LogP contribution in [0.4, 0.5) is 0 Å². The molecule has 3 aromatic rings. The average molecular weight is 344 g/mol. The number of aromatic nitrogens is 4. The second kappa shape index (κ2) is 7.79. The van der Waals surface area contributed by atoms with Crippen molar-refractivity contribution in [3.05, 3.63) is 59.8 Å². The summed E-state index contributed by atoms with van der Waals surface area (Å²) in [6.07, 6.45) is 8.87. The van der Waals surface area contributed by atoms with Crippen LogP contribution in [0.3, 0.4) is 0 Å². The van der Waals surface area contributed by atoms with Gasteiger partial charge in [-0.3, -0.25) is 9.89 Å². The van der Waals surface area contributed by atoms with Crippen LogP contribution >= 0.6 is 11.6 Å². The van der Waals surface area contributed by atoms with E-state index < -0.39 is 0 Å². The first-order chi connectivity index (χ1) is 11.8. The van der Waals surface area contributed by atoms with Crippen molar-refractivity contribution in [1.82, 2.24) is 25.1 Å². The SMILES string of the molecule is O=C(NCCCCn1ccnc1)c1cn[nH]c1-c1ccccc1Cl. The summed E-state index contributed by atoms with van der Waals surface area (Å²) in [5.41, 5.74) is 1.90. The van der Waals surface area contributed by atoms with Gasteiger partial charge >= 0.3 is 0 Å². The number of nitrogens with one attached hydrogen (secondary N) is 2. The van der Waals surface area contributed by atoms with Gasteiger partial charge < -0.3 is 9.88 Å². The molecule has 1 amide bonds. The van der Waals surface area contributed by atoms with Crippen LogP contribution in [0.25, 0.3) is 11.3 Å². The second-order valence-corrected chi connectivity index (χ2v) is 5.81. The van der Waals surface area contributed by atoms with Crippen LogP contribution in [0.1, 0.15) is 23.2 Å². The van der Waals surface area contributed by atoms with Gasteiger partial charge in [-0.25, -0.2) is 4.98 Å². The molecule has 0 atom stereocenters. The molecular weight excluding hydrogens is 326 g/mol. The van der Waals surface area contributed by atoms with Crippen LogP contribution < -0.4 is 5.32 Å². The fraction of sp³-hybridized carbons (Fsp3) is 0.235. The number of benzene rings is 1. The van der Waals surface area contributed by atoms with Crippen molar-refractivity contribution in [3.63, 3.8) is 0 Å². The minimum absolute atomic E-state index is 0.152. The molecule has 0 fully saturated rings. The van der Waals surface area contributed by atoms with Crippen LogP contribution in [0.2, 0.25) is 5.02 Å². The summed E-state index contributed by atoms with van der Waals surface area (Å²) in [6, 6.07) is 7.37. The Morgan fingerprint density at radius 1 is 1.29 bits per heavy atom. The topological polar surface area (TPSA) is 75.6 Å². The number of aromatic amines is 1. The van der Waals surface area contributed by atoms with Gasteiger partial charge in [0, 0.05) is 36.1 Å². The molecule has 6 nitrogen and oxygen atoms in total. The lowest BCUT2D eigenvalue weighted by Gasteiger charge is -2.07. The van der Waals surface area contributed by atoms with Gasteiger partial charge in [0.25, 0.3) is 5.91 Å². The molecule has 24 heavy (non-hydrogen) atoms. The molecule has 0 unspecified atom stereocenters. The number of hydrogen-bond acceptors (Lipinski definition) is 3. The normalized spacial score (nSPS) is 10.7. The molecular formula is C17H18ClN5O. The molecule has 0 aliphatic carbocycles. The molecule has 1 aromatic carbocycles. The Morgan fingerprint density at radius 2 is 2.17 bits per heavy atom. The van der Waals surface area contributed by atoms with E-state index in [1.165, 1.54) is 6.20 Å². The fourth-order valence-electron chi connectivity index (χ4n) is 2.46. The Hall–Kier alpha value is -2.60. The highest BCUT2D eigenvalue weighted by atomic mass is 35.5. The molecule has 0 aliphatic rings. The van der Waals surface area contributed by atoms with Crippen LogP contribution in [0.15, 0.2) is 49.2 Å². The third-order valence-electron chi connectivity index (χ3n) is 3.71. The summed E-state index contributed by atoms with van der Waals surface area (Å²) < 4.78 is 2.02. The molecule has 3 rings (SSSR count). The van der Waals surface area contributed by atoms with Crippen molar-refractivity contribution >= 4 is 17.5 Å². The van der Waals surface area contributed by atoms with Crippen molar-refractivity contribution in [3.8, 4) is 11.3 Å². The molecule has 2 heterocycles. The number of aryl methyl sites for hydroxylation is 1. The molecule has 0 bridgehead atoms. The van der Waals surface area contributed by atoms with E-state index in [4.69, 9.17) is 11.6 Å². The maximum absolute atomic E-state index is 12.4. The van der Waals surface area contributed by atoms with Crippen molar-refractivity contribution in [2.24, 2.45) is 0 Å². The number of halogens is 1. The number of carbonyl (C=O) groups excluding carboxylic acids is 1. The Kier molecular flexibility index (Phi) is 5.28. The first-order valence-electron chi connectivity index (χ1n) is 7.78. The van der Waals surface area contributed by atoms with Crippen LogP contribution in [-0.2, 0) is 6.54 Å². The molecule has 0 spiro atoms. The highest BCUT2D eigenvalue weighted by Crippen LogP contribution is 2.28. The Bertz CT molecular complexity index is 797. The molecule has 124 valence electrons. The van der Waals surface area contributed by atoms with Crippen LogP contribution in [0.5, 0.6) is 0 Å². The summed E-state index contributed by atoms with van der Waals surface area (Å²) in [5, 5.41) is 10.4. The Morgan fingerprint density at radius 3 is 2.96 bits per heavy atom. The average Bonchev–Trinajstić information content (AvgIpc) is 3.26. The van der Waals surface area contributed by atoms with Gasteiger partial charge in [-0.1, -0.05) is 29.8 Å². The molecule has 0 aliphatic heterocycles. The van der Waals surface area contributed by atoms with Gasteiger partial charge in [0.1, 0.15) is 0 Å². The zero-order valence-electron chi connectivity index (χ0n) is 13.1. The van der Waals surface area contributed by atoms with E-state index in [1.807, 2.05) is 29.0 Å². The Labute approximate surface area is 144 Å². The minimum atomic E-state index is -0.152. The van der Waals surface area contributed by atoms with Gasteiger partial charge in [-0.15, -0.1) is 0 Å². The third-order valence-corrected chi connectivity index (χ3v) is 4.04. The standard InChI is InChI=1S/C17H18ClN5O/c18-15-6-2-1-5-13(15)16-14(11-21-22-16)17(24)20-7-3-4-9-23-10-8-19-12-23/h1-2,5-6,8,10-12H,3-4,7,9H2,(H,20,24)(H,21,22). The van der Waals surface area contributed by atoms with Crippen LogP contribution in [-0.4, -0.2) is 32.2 Å². The highest BCUT2D eigenvalue weighted by molar-refractivity contribution is 6.33. The predicted molar refractivity (Wildman–Crippen MR) is 92.8 cm³/mol. The van der Waals surface area contributed by atoms with Gasteiger partial charge in [-0.05, 0) is 18.9 Å². The summed E-state index contributed by atoms with van der Waals surface area (Å²) in [7, 11) is 0. The maximum atomic E-state index is 12.4. The van der Waals surface area contributed by atoms with E-state index in [0.717, 1.165) is 24.9 Å². The quantitative estimate of drug-likeness (QED) is 0.647. The molecule has 2 N–H and O–H groups in total. The van der Waals surface area contributed by atoms with Gasteiger partial charge in [0.2, 0.25) is 0 Å². The number of rotatable bonds is 7. The number of amides is 1. The van der Waals surface area contributed by atoms with Crippen molar-refractivity contribution in [2.75, 3.05) is 6.54 Å². The van der Waals surface area contributed by atoms with E-state index in [1.54, 1.807) is 18.6 Å². The summed E-state index contributed by atoms with van der Waals surface area (Å²) in [6.45, 7) is 1.51. The molecule has 0 radical (unpaired) electrons. The molecule has 0 saturated carbocycles. The third kappa shape index (κ3) is 3.83. The maximum Gasteiger partial charge on any atom is 0.255 e. The number of unbranched alkanes of at least 4 members (excludes halogenated alkanes) is 1. The summed E-state index contributed by atoms with van der Waals surface area (Å²) in [5.74, 6) is -0.152. The zero-order chi connectivity index (χ0) is 16.8. The van der Waals surface area contributed by atoms with Crippen molar-refractivity contribution in [2.45, 2.75) is 19.4 Å². The lowest BCUT2D eigenvalue weighted by molar-refractivity contribution is 0.0953. The first kappa shape index (κ1) is 16.3. The molecule has 2 aromatic heterocycles. The number of imidazole rings is 1. The number of nitrogens with zero attached hydrogens (tertiary/aromatic N) is 3. The highest BCUT2D eigenvalue weighted by Gasteiger charge is 2.16. The van der Waals surface area contributed by atoms with E-state index >= 15 is 0 Å². The molecule has 7 heteroatoms. The monoisotopic (exact) mass is 343 g/mol.